The number of sulfonamides is 1. The molecule has 8 nitrogen and oxygen atoms in total. The third-order valence-corrected chi connectivity index (χ3v) is 4.06. The normalized spacial score (nSPS) is 11.3. The maximum absolute atomic E-state index is 11.7. The number of nitro groups is 1. The standard InChI is InChI=1S/C10H12N2O6S/c1-6(2)19(17,18)11-9-5-7(12(15)16)3-4-8(9)10(13)14/h3-6,11H,1-2H3,(H,13,14). The van der Waals surface area contributed by atoms with Crippen molar-refractivity contribution in [3.05, 3.63) is 33.9 Å². The fourth-order valence-electron chi connectivity index (χ4n) is 1.19. The number of aromatic carboxylic acids is 1. The predicted molar refractivity (Wildman–Crippen MR) is 67.7 cm³/mol. The molecule has 0 saturated heterocycles. The molecule has 2 N–H and O–H groups in total. The van der Waals surface area contributed by atoms with Crippen molar-refractivity contribution < 1.29 is 23.2 Å². The maximum atomic E-state index is 11.7. The monoisotopic (exact) mass is 288 g/mol. The van der Waals surface area contributed by atoms with Crippen molar-refractivity contribution in [2.75, 3.05) is 4.72 Å². The maximum Gasteiger partial charge on any atom is 0.337 e. The Morgan fingerprint density at radius 1 is 1.42 bits per heavy atom. The van der Waals surface area contributed by atoms with Crippen molar-refractivity contribution in [2.24, 2.45) is 0 Å². The number of hydrogen-bond donors (Lipinski definition) is 2. The predicted octanol–water partition coefficient (Wildman–Crippen LogP) is 1.44. The van der Waals surface area contributed by atoms with Crippen LogP contribution in [0.2, 0.25) is 0 Å². The van der Waals surface area contributed by atoms with Crippen LogP contribution in [0.5, 0.6) is 0 Å². The lowest BCUT2D eigenvalue weighted by molar-refractivity contribution is -0.384. The lowest BCUT2D eigenvalue weighted by Gasteiger charge is -2.12. The Hall–Kier alpha value is -2.16. The van der Waals surface area contributed by atoms with Crippen LogP contribution in [0.1, 0.15) is 24.2 Å². The van der Waals surface area contributed by atoms with E-state index in [2.05, 4.69) is 0 Å². The highest BCUT2D eigenvalue weighted by molar-refractivity contribution is 7.93. The summed E-state index contributed by atoms with van der Waals surface area (Å²) < 4.78 is 25.4. The minimum Gasteiger partial charge on any atom is -0.478 e. The van der Waals surface area contributed by atoms with Gasteiger partial charge in [-0.15, -0.1) is 0 Å². The number of rotatable bonds is 5. The number of carboxylic acid groups (broad SMARTS) is 1. The van der Waals surface area contributed by atoms with Crippen molar-refractivity contribution in [2.45, 2.75) is 19.1 Å². The molecule has 0 aliphatic rings. The van der Waals surface area contributed by atoms with Crippen molar-refractivity contribution in [1.29, 1.82) is 0 Å². The van der Waals surface area contributed by atoms with Crippen LogP contribution in [-0.4, -0.2) is 29.7 Å². The second-order valence-electron chi connectivity index (χ2n) is 3.99. The SMILES string of the molecule is CC(C)S(=O)(=O)Nc1cc([N+](=O)[O-])ccc1C(=O)O. The molecule has 1 aromatic carbocycles. The van der Waals surface area contributed by atoms with E-state index in [-0.39, 0.29) is 11.3 Å². The topological polar surface area (TPSA) is 127 Å². The Labute approximate surface area is 109 Å². The van der Waals surface area contributed by atoms with Gasteiger partial charge in [-0.3, -0.25) is 14.8 Å². The average Bonchev–Trinajstić information content (AvgIpc) is 2.27. The number of benzene rings is 1. The van der Waals surface area contributed by atoms with Crippen LogP contribution in [0.25, 0.3) is 0 Å². The van der Waals surface area contributed by atoms with Gasteiger partial charge in [0.2, 0.25) is 10.0 Å². The summed E-state index contributed by atoms with van der Waals surface area (Å²) >= 11 is 0. The first-order chi connectivity index (χ1) is 8.65. The molecule has 0 bridgehead atoms. The molecule has 0 atom stereocenters. The van der Waals surface area contributed by atoms with Crippen LogP contribution in [-0.2, 0) is 10.0 Å². The molecule has 0 spiro atoms. The van der Waals surface area contributed by atoms with E-state index in [0.29, 0.717) is 0 Å². The quantitative estimate of drug-likeness (QED) is 0.623. The van der Waals surface area contributed by atoms with Crippen molar-refractivity contribution in [1.82, 2.24) is 0 Å². The molecule has 1 rings (SSSR count). The minimum absolute atomic E-state index is 0.324. The summed E-state index contributed by atoms with van der Waals surface area (Å²) in [6.07, 6.45) is 0. The number of nitro benzene ring substituents is 1. The number of nitrogens with one attached hydrogen (secondary N) is 1. The van der Waals surface area contributed by atoms with E-state index in [1.807, 2.05) is 4.72 Å². The highest BCUT2D eigenvalue weighted by Gasteiger charge is 2.21. The smallest absolute Gasteiger partial charge is 0.337 e. The molecule has 0 heterocycles. The summed E-state index contributed by atoms with van der Waals surface area (Å²) in [7, 11) is -3.79. The summed E-state index contributed by atoms with van der Waals surface area (Å²) in [4.78, 5) is 20.8. The number of carboxylic acids is 1. The van der Waals surface area contributed by atoms with Crippen LogP contribution in [0.3, 0.4) is 0 Å². The van der Waals surface area contributed by atoms with Crippen LogP contribution >= 0.6 is 0 Å². The molecule has 0 radical (unpaired) electrons. The van der Waals surface area contributed by atoms with E-state index in [9.17, 15) is 23.3 Å². The number of nitrogens with zero attached hydrogens (tertiary/aromatic N) is 1. The molecule has 0 aliphatic heterocycles. The van der Waals surface area contributed by atoms with Gasteiger partial charge in [0.15, 0.2) is 0 Å². The van der Waals surface area contributed by atoms with E-state index in [0.717, 1.165) is 18.2 Å². The third-order valence-electron chi connectivity index (χ3n) is 2.32. The molecule has 0 aliphatic carbocycles. The molecule has 0 aromatic heterocycles. The molecule has 0 unspecified atom stereocenters. The summed E-state index contributed by atoms with van der Waals surface area (Å²) in [5, 5.41) is 18.7. The van der Waals surface area contributed by atoms with E-state index in [4.69, 9.17) is 5.11 Å². The summed E-state index contributed by atoms with van der Waals surface area (Å²) in [5.74, 6) is -1.38. The second kappa shape index (κ2) is 5.22. The Bertz CT molecular complexity index is 623. The summed E-state index contributed by atoms with van der Waals surface area (Å²) in [6.45, 7) is 2.81. The van der Waals surface area contributed by atoms with Gasteiger partial charge in [0.25, 0.3) is 5.69 Å². The van der Waals surface area contributed by atoms with Crippen LogP contribution in [0.15, 0.2) is 18.2 Å². The van der Waals surface area contributed by atoms with Gasteiger partial charge in [-0.25, -0.2) is 13.2 Å². The number of anilines is 1. The molecular formula is C10H12N2O6S. The Kier molecular flexibility index (Phi) is 4.10. The van der Waals surface area contributed by atoms with Crippen LogP contribution < -0.4 is 4.72 Å². The van der Waals surface area contributed by atoms with Gasteiger partial charge in [-0.05, 0) is 19.9 Å². The van der Waals surface area contributed by atoms with Crippen molar-refractivity contribution in [3.63, 3.8) is 0 Å². The zero-order valence-corrected chi connectivity index (χ0v) is 11.0. The molecule has 19 heavy (non-hydrogen) atoms. The number of non-ortho nitro benzene ring substituents is 1. The highest BCUT2D eigenvalue weighted by atomic mass is 32.2. The van der Waals surface area contributed by atoms with Gasteiger partial charge >= 0.3 is 5.97 Å². The largest absolute Gasteiger partial charge is 0.478 e. The second-order valence-corrected chi connectivity index (χ2v) is 6.22. The van der Waals surface area contributed by atoms with Gasteiger partial charge in [0.1, 0.15) is 0 Å². The Morgan fingerprint density at radius 2 is 2.00 bits per heavy atom. The molecule has 104 valence electrons. The number of carbonyl (C=O) groups is 1. The van der Waals surface area contributed by atoms with E-state index < -0.39 is 31.9 Å². The Morgan fingerprint density at radius 3 is 2.42 bits per heavy atom. The third kappa shape index (κ3) is 3.41. The molecule has 9 heteroatoms. The van der Waals surface area contributed by atoms with Crippen molar-refractivity contribution in [3.8, 4) is 0 Å². The van der Waals surface area contributed by atoms with Gasteiger partial charge in [0.05, 0.1) is 21.4 Å². The molecule has 0 fully saturated rings. The molecule has 1 aromatic rings. The number of hydrogen-bond acceptors (Lipinski definition) is 5. The fraction of sp³-hybridized carbons (Fsp3) is 0.300. The first kappa shape index (κ1) is 14.9. The van der Waals surface area contributed by atoms with Gasteiger partial charge < -0.3 is 5.11 Å². The van der Waals surface area contributed by atoms with Crippen molar-refractivity contribution >= 4 is 27.4 Å². The first-order valence-electron chi connectivity index (χ1n) is 5.18. The van der Waals surface area contributed by atoms with Crippen LogP contribution in [0.4, 0.5) is 11.4 Å². The first-order valence-corrected chi connectivity index (χ1v) is 6.73. The average molecular weight is 288 g/mol. The fourth-order valence-corrected chi connectivity index (χ4v) is 1.90. The lowest BCUT2D eigenvalue weighted by Crippen LogP contribution is -2.23. The zero-order chi connectivity index (χ0) is 14.8. The van der Waals surface area contributed by atoms with E-state index >= 15 is 0 Å². The van der Waals surface area contributed by atoms with Crippen LogP contribution in [0, 0.1) is 10.1 Å². The van der Waals surface area contributed by atoms with Gasteiger partial charge in [-0.2, -0.15) is 0 Å². The zero-order valence-electron chi connectivity index (χ0n) is 10.2. The van der Waals surface area contributed by atoms with Gasteiger partial charge in [-0.1, -0.05) is 0 Å². The summed E-state index contributed by atoms with van der Waals surface area (Å²) in [5.41, 5.74) is -1.07. The van der Waals surface area contributed by atoms with E-state index in [1.54, 1.807) is 0 Å². The lowest BCUT2D eigenvalue weighted by atomic mass is 10.1. The minimum atomic E-state index is -3.79. The summed E-state index contributed by atoms with van der Waals surface area (Å²) in [6, 6.07) is 2.86. The molecular weight excluding hydrogens is 276 g/mol. The van der Waals surface area contributed by atoms with Gasteiger partial charge in [0, 0.05) is 12.1 Å². The van der Waals surface area contributed by atoms with E-state index in [1.165, 1.54) is 13.8 Å². The molecule has 0 saturated carbocycles. The molecule has 0 amide bonds. The Balaban J connectivity index is 3.34. The highest BCUT2D eigenvalue weighted by Crippen LogP contribution is 2.24.